The predicted octanol–water partition coefficient (Wildman–Crippen LogP) is 1.92. The molecule has 2 heterocycles. The van der Waals surface area contributed by atoms with Crippen LogP contribution in [0.1, 0.15) is 28.8 Å². The number of rotatable bonds is 4. The molecule has 4 nitrogen and oxygen atoms in total. The van der Waals surface area contributed by atoms with Crippen molar-refractivity contribution in [3.8, 4) is 0 Å². The maximum absolute atomic E-state index is 11.2. The third-order valence-electron chi connectivity index (χ3n) is 4.32. The van der Waals surface area contributed by atoms with Crippen LogP contribution < -0.4 is 0 Å². The van der Waals surface area contributed by atoms with Crippen molar-refractivity contribution < 1.29 is 19.4 Å². The summed E-state index contributed by atoms with van der Waals surface area (Å²) < 4.78 is 5.80. The molecule has 3 rings (SSSR count). The fraction of sp³-hybridized carbons (Fsp3) is 0.467. The fourth-order valence-corrected chi connectivity index (χ4v) is 3.32. The number of ether oxygens (including phenoxy) is 1. The summed E-state index contributed by atoms with van der Waals surface area (Å²) in [6.07, 6.45) is 4.13. The normalized spacial score (nSPS) is 32.4. The van der Waals surface area contributed by atoms with Gasteiger partial charge in [0.05, 0.1) is 17.8 Å². The second kappa shape index (κ2) is 4.78. The number of aromatic carboxylic acids is 1. The first kappa shape index (κ1) is 12.4. The molecule has 0 aromatic heterocycles. The molecule has 0 amide bonds. The van der Waals surface area contributed by atoms with Gasteiger partial charge in [0.15, 0.2) is 0 Å². The lowest BCUT2D eigenvalue weighted by Crippen LogP contribution is -2.29. The number of carboxylic acid groups (broad SMARTS) is 1. The van der Waals surface area contributed by atoms with Gasteiger partial charge in [0.2, 0.25) is 0 Å². The Bertz CT molecular complexity index is 493. The van der Waals surface area contributed by atoms with Gasteiger partial charge in [-0.15, -0.1) is 0 Å². The molecular formula is C15H16O4. The summed E-state index contributed by atoms with van der Waals surface area (Å²) in [4.78, 5) is 22.0. The lowest BCUT2D eigenvalue weighted by molar-refractivity contribution is -0.113. The second-order valence-electron chi connectivity index (χ2n) is 5.37. The molecule has 1 aromatic carbocycles. The lowest BCUT2D eigenvalue weighted by atomic mass is 9.77. The smallest absolute Gasteiger partial charge is 0.335 e. The van der Waals surface area contributed by atoms with Crippen molar-refractivity contribution in [2.24, 2.45) is 11.8 Å². The van der Waals surface area contributed by atoms with Crippen molar-refractivity contribution in [1.82, 2.24) is 0 Å². The van der Waals surface area contributed by atoms with Crippen LogP contribution in [0.25, 0.3) is 0 Å². The standard InChI is InChI=1S/C15H16O4/c16-8-12-11(13-5-6-14(12)19-13)7-9-1-3-10(4-2-9)15(17)18/h1-4,8,11-14H,5-7H2,(H,17,18). The van der Waals surface area contributed by atoms with E-state index in [1.165, 1.54) is 0 Å². The molecule has 19 heavy (non-hydrogen) atoms. The average Bonchev–Trinajstić information content (AvgIpc) is 3.00. The summed E-state index contributed by atoms with van der Waals surface area (Å²) in [7, 11) is 0. The van der Waals surface area contributed by atoms with Crippen LogP contribution in [0.4, 0.5) is 0 Å². The second-order valence-corrected chi connectivity index (χ2v) is 5.37. The fourth-order valence-electron chi connectivity index (χ4n) is 3.32. The molecule has 2 bridgehead atoms. The van der Waals surface area contributed by atoms with Gasteiger partial charge < -0.3 is 14.6 Å². The van der Waals surface area contributed by atoms with Gasteiger partial charge in [-0.2, -0.15) is 0 Å². The van der Waals surface area contributed by atoms with Crippen molar-refractivity contribution in [3.63, 3.8) is 0 Å². The van der Waals surface area contributed by atoms with Gasteiger partial charge in [-0.25, -0.2) is 4.79 Å². The van der Waals surface area contributed by atoms with Gasteiger partial charge in [0, 0.05) is 11.8 Å². The Balaban J connectivity index is 1.74. The molecule has 4 unspecified atom stereocenters. The van der Waals surface area contributed by atoms with Crippen LogP contribution in [-0.2, 0) is 16.0 Å². The summed E-state index contributed by atoms with van der Waals surface area (Å²) >= 11 is 0. The van der Waals surface area contributed by atoms with Crippen LogP contribution in [0.5, 0.6) is 0 Å². The molecule has 0 radical (unpaired) electrons. The van der Waals surface area contributed by atoms with Crippen LogP contribution in [0.2, 0.25) is 0 Å². The largest absolute Gasteiger partial charge is 0.478 e. The highest BCUT2D eigenvalue weighted by molar-refractivity contribution is 5.87. The highest BCUT2D eigenvalue weighted by Crippen LogP contribution is 2.43. The molecule has 0 spiro atoms. The molecule has 2 aliphatic heterocycles. The SMILES string of the molecule is O=CC1C2CCC(O2)C1Cc1ccc(C(=O)O)cc1. The first-order valence-electron chi connectivity index (χ1n) is 6.62. The van der Waals surface area contributed by atoms with Gasteiger partial charge in [-0.3, -0.25) is 0 Å². The third-order valence-corrected chi connectivity index (χ3v) is 4.32. The number of fused-ring (bicyclic) bond motifs is 2. The number of carbonyl (C=O) groups excluding carboxylic acids is 1. The summed E-state index contributed by atoms with van der Waals surface area (Å²) in [5.74, 6) is -0.676. The Hall–Kier alpha value is -1.68. The zero-order valence-corrected chi connectivity index (χ0v) is 10.5. The number of hydrogen-bond donors (Lipinski definition) is 1. The number of hydrogen-bond acceptors (Lipinski definition) is 3. The van der Waals surface area contributed by atoms with E-state index in [0.29, 0.717) is 5.56 Å². The van der Waals surface area contributed by atoms with Crippen LogP contribution in [0.3, 0.4) is 0 Å². The maximum Gasteiger partial charge on any atom is 0.335 e. The van der Waals surface area contributed by atoms with Crippen molar-refractivity contribution in [2.75, 3.05) is 0 Å². The zero-order valence-electron chi connectivity index (χ0n) is 10.5. The van der Waals surface area contributed by atoms with E-state index in [1.54, 1.807) is 12.1 Å². The summed E-state index contributed by atoms with van der Waals surface area (Å²) in [5, 5.41) is 8.86. The molecule has 0 saturated carbocycles. The first-order valence-corrected chi connectivity index (χ1v) is 6.62. The molecule has 1 aromatic rings. The summed E-state index contributed by atoms with van der Waals surface area (Å²) in [5.41, 5.74) is 1.36. The molecular weight excluding hydrogens is 244 g/mol. The number of aldehydes is 1. The number of carboxylic acids is 1. The molecule has 2 saturated heterocycles. The van der Waals surface area contributed by atoms with Gasteiger partial charge in [0.25, 0.3) is 0 Å². The number of benzene rings is 1. The van der Waals surface area contributed by atoms with E-state index in [2.05, 4.69) is 0 Å². The Labute approximate surface area is 111 Å². The maximum atomic E-state index is 11.2. The average molecular weight is 260 g/mol. The van der Waals surface area contributed by atoms with Crippen molar-refractivity contribution in [3.05, 3.63) is 35.4 Å². The van der Waals surface area contributed by atoms with E-state index in [9.17, 15) is 9.59 Å². The van der Waals surface area contributed by atoms with Gasteiger partial charge in [-0.05, 0) is 37.0 Å². The van der Waals surface area contributed by atoms with E-state index in [-0.39, 0.29) is 24.0 Å². The minimum Gasteiger partial charge on any atom is -0.478 e. The minimum atomic E-state index is -0.916. The van der Waals surface area contributed by atoms with Crippen molar-refractivity contribution in [2.45, 2.75) is 31.5 Å². The molecule has 2 fully saturated rings. The first-order chi connectivity index (χ1) is 9.19. The molecule has 4 atom stereocenters. The Kier molecular flexibility index (Phi) is 3.11. The van der Waals surface area contributed by atoms with Crippen LogP contribution in [-0.4, -0.2) is 29.6 Å². The highest BCUT2D eigenvalue weighted by atomic mass is 16.5. The summed E-state index contributed by atoms with van der Waals surface area (Å²) in [6, 6.07) is 6.89. The van der Waals surface area contributed by atoms with Gasteiger partial charge in [0.1, 0.15) is 6.29 Å². The van der Waals surface area contributed by atoms with E-state index in [1.807, 2.05) is 12.1 Å². The highest BCUT2D eigenvalue weighted by Gasteiger charge is 2.48. The molecule has 1 N–H and O–H groups in total. The Morgan fingerprint density at radius 3 is 2.58 bits per heavy atom. The Morgan fingerprint density at radius 2 is 1.95 bits per heavy atom. The van der Waals surface area contributed by atoms with E-state index in [4.69, 9.17) is 9.84 Å². The third kappa shape index (κ3) is 2.16. The topological polar surface area (TPSA) is 63.6 Å². The molecule has 0 aliphatic carbocycles. The molecule has 100 valence electrons. The molecule has 4 heteroatoms. The van der Waals surface area contributed by atoms with Crippen LogP contribution >= 0.6 is 0 Å². The lowest BCUT2D eigenvalue weighted by Gasteiger charge is -2.23. The molecule has 2 aliphatic rings. The summed E-state index contributed by atoms with van der Waals surface area (Å²) in [6.45, 7) is 0. The minimum absolute atomic E-state index is 0.00194. The quantitative estimate of drug-likeness (QED) is 0.840. The van der Waals surface area contributed by atoms with Crippen LogP contribution in [0.15, 0.2) is 24.3 Å². The van der Waals surface area contributed by atoms with Gasteiger partial charge >= 0.3 is 5.97 Å². The van der Waals surface area contributed by atoms with E-state index in [0.717, 1.165) is 31.1 Å². The van der Waals surface area contributed by atoms with Crippen molar-refractivity contribution in [1.29, 1.82) is 0 Å². The van der Waals surface area contributed by atoms with Gasteiger partial charge in [-0.1, -0.05) is 12.1 Å². The van der Waals surface area contributed by atoms with E-state index < -0.39 is 5.97 Å². The van der Waals surface area contributed by atoms with Crippen LogP contribution in [0, 0.1) is 11.8 Å². The van der Waals surface area contributed by atoms with Crippen molar-refractivity contribution >= 4 is 12.3 Å². The monoisotopic (exact) mass is 260 g/mol. The number of carbonyl (C=O) groups is 2. The Morgan fingerprint density at radius 1 is 1.26 bits per heavy atom. The van der Waals surface area contributed by atoms with E-state index >= 15 is 0 Å². The predicted molar refractivity (Wildman–Crippen MR) is 68.0 cm³/mol. The zero-order chi connectivity index (χ0) is 13.4.